The van der Waals surface area contributed by atoms with Gasteiger partial charge in [0.15, 0.2) is 14.2 Å². The second-order valence-corrected chi connectivity index (χ2v) is 12.9. The number of nitrogens with zero attached hydrogens (tertiary/aromatic N) is 3. The van der Waals surface area contributed by atoms with Crippen LogP contribution >= 0.6 is 23.1 Å². The predicted molar refractivity (Wildman–Crippen MR) is 133 cm³/mol. The second kappa shape index (κ2) is 11.0. The number of aromatic nitrogens is 2. The average molecular weight is 497 g/mol. The zero-order valence-corrected chi connectivity index (χ0v) is 21.6. The van der Waals surface area contributed by atoms with E-state index in [-0.39, 0.29) is 35.1 Å². The summed E-state index contributed by atoms with van der Waals surface area (Å²) in [5.41, 5.74) is 3.56. The van der Waals surface area contributed by atoms with Crippen LogP contribution in [0, 0.1) is 5.92 Å². The van der Waals surface area contributed by atoms with Gasteiger partial charge in [0.25, 0.3) is 0 Å². The molecular weight excluding hydrogens is 464 g/mol. The summed E-state index contributed by atoms with van der Waals surface area (Å²) in [6, 6.07) is 6.08. The van der Waals surface area contributed by atoms with E-state index in [1.165, 1.54) is 34.2 Å². The first kappa shape index (κ1) is 25.0. The Morgan fingerprint density at radius 3 is 2.50 bits per heavy atom. The zero-order valence-electron chi connectivity index (χ0n) is 19.1. The van der Waals surface area contributed by atoms with Crippen LogP contribution in [0.15, 0.2) is 22.5 Å². The van der Waals surface area contributed by atoms with E-state index in [4.69, 9.17) is 0 Å². The molecule has 0 spiro atoms. The van der Waals surface area contributed by atoms with Crippen molar-refractivity contribution >= 4 is 49.7 Å². The molecule has 2 aromatic rings. The van der Waals surface area contributed by atoms with Gasteiger partial charge < -0.3 is 10.2 Å². The van der Waals surface area contributed by atoms with Crippen molar-refractivity contribution in [2.75, 3.05) is 29.1 Å². The Labute approximate surface area is 199 Å². The molecule has 0 bridgehead atoms. The van der Waals surface area contributed by atoms with Crippen LogP contribution in [-0.4, -0.2) is 59.3 Å². The van der Waals surface area contributed by atoms with Gasteiger partial charge in [0, 0.05) is 18.3 Å². The molecule has 0 saturated carbocycles. The molecule has 1 atom stereocenters. The number of amides is 1. The minimum Gasteiger partial charge on any atom is -0.338 e. The van der Waals surface area contributed by atoms with Gasteiger partial charge in [0.1, 0.15) is 0 Å². The molecule has 1 unspecified atom stereocenters. The molecule has 0 aliphatic carbocycles. The fraction of sp³-hybridized carbons (Fsp3) is 0.591. The van der Waals surface area contributed by atoms with Gasteiger partial charge in [-0.1, -0.05) is 69.0 Å². The Morgan fingerprint density at radius 1 is 1.25 bits per heavy atom. The number of para-hydroxylation sites is 1. The summed E-state index contributed by atoms with van der Waals surface area (Å²) < 4.78 is 24.5. The Morgan fingerprint density at radius 2 is 1.94 bits per heavy atom. The maximum Gasteiger partial charge on any atom is 0.233 e. The van der Waals surface area contributed by atoms with Gasteiger partial charge in [0.05, 0.1) is 17.3 Å². The van der Waals surface area contributed by atoms with Crippen molar-refractivity contribution in [3.63, 3.8) is 0 Å². The second-order valence-electron chi connectivity index (χ2n) is 8.44. The summed E-state index contributed by atoms with van der Waals surface area (Å²) in [4.78, 5) is 14.7. The van der Waals surface area contributed by atoms with Crippen LogP contribution in [0.3, 0.4) is 0 Å². The Balaban J connectivity index is 1.64. The molecule has 1 aliphatic rings. The fourth-order valence-electron chi connectivity index (χ4n) is 3.90. The smallest absolute Gasteiger partial charge is 0.233 e. The molecule has 1 N–H and O–H groups in total. The number of hydrogen-bond acceptors (Lipinski definition) is 8. The number of carbonyl (C=O) groups excluding carboxylic acids is 1. The number of benzene rings is 1. The normalized spacial score (nSPS) is 17.6. The third-order valence-corrected chi connectivity index (χ3v) is 9.19. The van der Waals surface area contributed by atoms with Crippen molar-refractivity contribution < 1.29 is 13.2 Å². The van der Waals surface area contributed by atoms with Gasteiger partial charge in [-0.25, -0.2) is 8.42 Å². The SMILES string of the molecule is CCc1cccc(CC)c1Nc1nnc(SCC(=O)N(CC(C)C)C2CCS(=O)(=O)C2)s1. The molecule has 0 radical (unpaired) electrons. The molecule has 32 heavy (non-hydrogen) atoms. The molecule has 1 fully saturated rings. The van der Waals surface area contributed by atoms with Gasteiger partial charge in [0.2, 0.25) is 11.0 Å². The van der Waals surface area contributed by atoms with Crippen molar-refractivity contribution in [2.24, 2.45) is 5.92 Å². The molecule has 1 aromatic carbocycles. The number of hydrogen-bond donors (Lipinski definition) is 1. The minimum atomic E-state index is -3.04. The van der Waals surface area contributed by atoms with Gasteiger partial charge in [-0.15, -0.1) is 10.2 Å². The van der Waals surface area contributed by atoms with Crippen molar-refractivity contribution in [1.82, 2.24) is 15.1 Å². The van der Waals surface area contributed by atoms with Crippen LogP contribution in [0.5, 0.6) is 0 Å². The molecule has 176 valence electrons. The monoisotopic (exact) mass is 496 g/mol. The highest BCUT2D eigenvalue weighted by Gasteiger charge is 2.34. The highest BCUT2D eigenvalue weighted by Crippen LogP contribution is 2.31. The lowest BCUT2D eigenvalue weighted by Crippen LogP contribution is -2.44. The summed E-state index contributed by atoms with van der Waals surface area (Å²) in [6.07, 6.45) is 2.37. The standard InChI is InChI=1S/C22H32N4O3S3/c1-5-16-8-7-9-17(6-2)20(16)23-21-24-25-22(31-21)30-13-19(27)26(12-15(3)4)18-10-11-32(28,29)14-18/h7-9,15,18H,5-6,10-14H2,1-4H3,(H,23,24). The third-order valence-electron chi connectivity index (χ3n) is 5.49. The molecule has 1 amide bonds. The summed E-state index contributed by atoms with van der Waals surface area (Å²) in [5, 5.41) is 12.6. The summed E-state index contributed by atoms with van der Waals surface area (Å²) in [6.45, 7) is 8.91. The van der Waals surface area contributed by atoms with E-state index in [2.05, 4.69) is 47.6 Å². The van der Waals surface area contributed by atoms with Crippen molar-refractivity contribution in [2.45, 2.75) is 57.3 Å². The summed E-state index contributed by atoms with van der Waals surface area (Å²) >= 11 is 2.79. The molecule has 1 saturated heterocycles. The number of rotatable bonds is 10. The number of thioether (sulfide) groups is 1. The zero-order chi connectivity index (χ0) is 23.3. The highest BCUT2D eigenvalue weighted by molar-refractivity contribution is 8.01. The van der Waals surface area contributed by atoms with Crippen LogP contribution in [0.2, 0.25) is 0 Å². The lowest BCUT2D eigenvalue weighted by atomic mass is 10.0. The number of aryl methyl sites for hydroxylation is 2. The molecule has 10 heteroatoms. The molecule has 1 aliphatic heterocycles. The van der Waals surface area contributed by atoms with Crippen molar-refractivity contribution in [3.8, 4) is 0 Å². The first-order valence-corrected chi connectivity index (χ1v) is 14.7. The molecular formula is C22H32N4O3S3. The number of sulfone groups is 1. The van der Waals surface area contributed by atoms with E-state index in [1.807, 2.05) is 13.8 Å². The maximum atomic E-state index is 13.0. The van der Waals surface area contributed by atoms with E-state index >= 15 is 0 Å². The van der Waals surface area contributed by atoms with E-state index in [0.717, 1.165) is 22.9 Å². The highest BCUT2D eigenvalue weighted by atomic mass is 32.2. The predicted octanol–water partition coefficient (Wildman–Crippen LogP) is 4.17. The van der Waals surface area contributed by atoms with Crippen molar-refractivity contribution in [3.05, 3.63) is 29.3 Å². The van der Waals surface area contributed by atoms with E-state index in [1.54, 1.807) is 4.90 Å². The quantitative estimate of drug-likeness (QED) is 0.494. The lowest BCUT2D eigenvalue weighted by molar-refractivity contribution is -0.130. The first-order chi connectivity index (χ1) is 15.2. The number of carbonyl (C=O) groups is 1. The number of anilines is 2. The number of nitrogens with one attached hydrogen (secondary N) is 1. The maximum absolute atomic E-state index is 13.0. The first-order valence-electron chi connectivity index (χ1n) is 11.1. The van der Waals surface area contributed by atoms with Gasteiger partial charge in [-0.2, -0.15) is 0 Å². The molecule has 1 aromatic heterocycles. The lowest BCUT2D eigenvalue weighted by Gasteiger charge is -2.29. The van der Waals surface area contributed by atoms with Gasteiger partial charge >= 0.3 is 0 Å². The Bertz CT molecular complexity index is 1010. The third kappa shape index (κ3) is 6.45. The van der Waals surface area contributed by atoms with Gasteiger partial charge in [-0.05, 0) is 36.3 Å². The molecule has 3 rings (SSSR count). The minimum absolute atomic E-state index is 0.0416. The van der Waals surface area contributed by atoms with E-state index in [0.29, 0.717) is 18.1 Å². The topological polar surface area (TPSA) is 92.3 Å². The Kier molecular flexibility index (Phi) is 8.57. The van der Waals surface area contributed by atoms with Crippen LogP contribution in [0.1, 0.15) is 45.2 Å². The van der Waals surface area contributed by atoms with Crippen LogP contribution in [0.4, 0.5) is 10.8 Å². The largest absolute Gasteiger partial charge is 0.338 e. The fourth-order valence-corrected chi connectivity index (χ4v) is 7.28. The van der Waals surface area contributed by atoms with Crippen molar-refractivity contribution in [1.29, 1.82) is 0 Å². The summed E-state index contributed by atoms with van der Waals surface area (Å²) in [5.74, 6) is 0.691. The average Bonchev–Trinajstić information content (AvgIpc) is 3.35. The van der Waals surface area contributed by atoms with Crippen LogP contribution in [-0.2, 0) is 27.5 Å². The van der Waals surface area contributed by atoms with Crippen LogP contribution < -0.4 is 5.32 Å². The molecule has 2 heterocycles. The van der Waals surface area contributed by atoms with E-state index in [9.17, 15) is 13.2 Å². The van der Waals surface area contributed by atoms with Crippen LogP contribution in [0.25, 0.3) is 0 Å². The summed E-state index contributed by atoms with van der Waals surface area (Å²) in [7, 11) is -3.04. The van der Waals surface area contributed by atoms with E-state index < -0.39 is 9.84 Å². The molecule has 7 nitrogen and oxygen atoms in total. The van der Waals surface area contributed by atoms with Gasteiger partial charge in [-0.3, -0.25) is 4.79 Å². The Hall–Kier alpha value is -1.65.